The quantitative estimate of drug-likeness (QED) is 0.568. The second-order valence-corrected chi connectivity index (χ2v) is 2.58. The van der Waals surface area contributed by atoms with E-state index in [1.165, 1.54) is 12.4 Å². The molecule has 0 aliphatic heterocycles. The molecule has 0 atom stereocenters. The third-order valence-corrected chi connectivity index (χ3v) is 1.56. The van der Waals surface area contributed by atoms with Gasteiger partial charge in [-0.05, 0) is 12.5 Å². The van der Waals surface area contributed by atoms with Crippen LogP contribution in [0.2, 0.25) is 0 Å². The average molecular weight is 181 g/mol. The number of nitrogens with one attached hydrogen (secondary N) is 1. The van der Waals surface area contributed by atoms with Crippen LogP contribution in [0.5, 0.6) is 0 Å². The van der Waals surface area contributed by atoms with Gasteiger partial charge in [-0.25, -0.2) is 0 Å². The minimum Gasteiger partial charge on any atom is -0.379 e. The molecule has 1 aromatic heterocycles. The van der Waals surface area contributed by atoms with Gasteiger partial charge in [0.15, 0.2) is 0 Å². The Hall–Kier alpha value is -1.65. The zero-order valence-electron chi connectivity index (χ0n) is 7.36. The molecule has 0 aliphatic carbocycles. The molecule has 0 aliphatic rings. The summed E-state index contributed by atoms with van der Waals surface area (Å²) in [5, 5.41) is 13.5. The molecular formula is C8H11N3O2. The van der Waals surface area contributed by atoms with Crippen LogP contribution in [0, 0.1) is 10.1 Å². The number of anilines is 1. The number of aromatic nitrogens is 1. The molecule has 0 fully saturated rings. The first-order valence-electron chi connectivity index (χ1n) is 4.08. The largest absolute Gasteiger partial charge is 0.379 e. The highest BCUT2D eigenvalue weighted by molar-refractivity contribution is 5.59. The van der Waals surface area contributed by atoms with Gasteiger partial charge in [-0.3, -0.25) is 15.1 Å². The van der Waals surface area contributed by atoms with Gasteiger partial charge in [-0.1, -0.05) is 6.92 Å². The molecule has 5 nitrogen and oxygen atoms in total. The Morgan fingerprint density at radius 3 is 3.08 bits per heavy atom. The maximum atomic E-state index is 10.5. The average Bonchev–Trinajstić information content (AvgIpc) is 2.15. The molecule has 13 heavy (non-hydrogen) atoms. The van der Waals surface area contributed by atoms with E-state index in [1.54, 1.807) is 6.07 Å². The van der Waals surface area contributed by atoms with E-state index in [0.717, 1.165) is 13.0 Å². The molecule has 0 aromatic carbocycles. The lowest BCUT2D eigenvalue weighted by molar-refractivity contribution is -0.384. The SMILES string of the molecule is CCCNc1ccncc1[N+](=O)[O-]. The third kappa shape index (κ3) is 2.40. The maximum Gasteiger partial charge on any atom is 0.310 e. The van der Waals surface area contributed by atoms with Gasteiger partial charge in [0, 0.05) is 12.7 Å². The molecule has 0 saturated carbocycles. The Morgan fingerprint density at radius 1 is 1.69 bits per heavy atom. The molecule has 70 valence electrons. The number of hydrogen-bond donors (Lipinski definition) is 1. The van der Waals surface area contributed by atoms with E-state index < -0.39 is 4.92 Å². The zero-order chi connectivity index (χ0) is 9.68. The van der Waals surface area contributed by atoms with Crippen LogP contribution in [-0.4, -0.2) is 16.5 Å². The molecule has 0 saturated heterocycles. The molecule has 1 aromatic rings. The van der Waals surface area contributed by atoms with E-state index in [0.29, 0.717) is 5.69 Å². The first kappa shape index (κ1) is 9.44. The van der Waals surface area contributed by atoms with Crippen LogP contribution in [0.4, 0.5) is 11.4 Å². The highest BCUT2D eigenvalue weighted by atomic mass is 16.6. The van der Waals surface area contributed by atoms with Crippen molar-refractivity contribution < 1.29 is 4.92 Å². The van der Waals surface area contributed by atoms with Crippen molar-refractivity contribution in [3.05, 3.63) is 28.6 Å². The van der Waals surface area contributed by atoms with Crippen molar-refractivity contribution in [1.29, 1.82) is 0 Å². The molecule has 0 spiro atoms. The van der Waals surface area contributed by atoms with E-state index >= 15 is 0 Å². The summed E-state index contributed by atoms with van der Waals surface area (Å²) in [5.74, 6) is 0. The van der Waals surface area contributed by atoms with Gasteiger partial charge >= 0.3 is 5.69 Å². The number of nitrogens with zero attached hydrogens (tertiary/aromatic N) is 2. The van der Waals surface area contributed by atoms with Gasteiger partial charge < -0.3 is 5.32 Å². The van der Waals surface area contributed by atoms with Gasteiger partial charge in [-0.2, -0.15) is 0 Å². The number of nitro groups is 1. The van der Waals surface area contributed by atoms with Crippen molar-refractivity contribution in [2.24, 2.45) is 0 Å². The van der Waals surface area contributed by atoms with E-state index in [9.17, 15) is 10.1 Å². The summed E-state index contributed by atoms with van der Waals surface area (Å²) < 4.78 is 0. The monoisotopic (exact) mass is 181 g/mol. The third-order valence-electron chi connectivity index (χ3n) is 1.56. The van der Waals surface area contributed by atoms with Crippen LogP contribution in [-0.2, 0) is 0 Å². The lowest BCUT2D eigenvalue weighted by Gasteiger charge is -2.03. The molecule has 1 rings (SSSR count). The van der Waals surface area contributed by atoms with Gasteiger partial charge in [0.05, 0.1) is 4.92 Å². The summed E-state index contributed by atoms with van der Waals surface area (Å²) in [7, 11) is 0. The summed E-state index contributed by atoms with van der Waals surface area (Å²) in [6.45, 7) is 2.73. The normalized spacial score (nSPS) is 9.62. The Balaban J connectivity index is 2.84. The number of hydrogen-bond acceptors (Lipinski definition) is 4. The molecule has 5 heteroatoms. The Labute approximate surface area is 75.9 Å². The van der Waals surface area contributed by atoms with Crippen LogP contribution in [0.15, 0.2) is 18.5 Å². The number of rotatable bonds is 4. The van der Waals surface area contributed by atoms with Crippen molar-refractivity contribution in [3.8, 4) is 0 Å². The summed E-state index contributed by atoms with van der Waals surface area (Å²) in [6, 6.07) is 1.60. The van der Waals surface area contributed by atoms with Crippen molar-refractivity contribution in [2.45, 2.75) is 13.3 Å². The summed E-state index contributed by atoms with van der Waals surface area (Å²) >= 11 is 0. The van der Waals surface area contributed by atoms with Crippen molar-refractivity contribution in [3.63, 3.8) is 0 Å². The molecule has 0 amide bonds. The van der Waals surface area contributed by atoms with Crippen molar-refractivity contribution in [2.75, 3.05) is 11.9 Å². The standard InChI is InChI=1S/C8H11N3O2/c1-2-4-10-7-3-5-9-6-8(7)11(12)13/h3,5-6H,2,4H2,1H3,(H,9,10). The Morgan fingerprint density at radius 2 is 2.46 bits per heavy atom. The predicted octanol–water partition coefficient (Wildman–Crippen LogP) is 1.81. The smallest absolute Gasteiger partial charge is 0.310 e. The lowest BCUT2D eigenvalue weighted by atomic mass is 10.3. The fraction of sp³-hybridized carbons (Fsp3) is 0.375. The van der Waals surface area contributed by atoms with E-state index in [2.05, 4.69) is 10.3 Å². The predicted molar refractivity (Wildman–Crippen MR) is 49.7 cm³/mol. The number of pyridine rings is 1. The fourth-order valence-corrected chi connectivity index (χ4v) is 0.941. The van der Waals surface area contributed by atoms with Gasteiger partial charge in [0.2, 0.25) is 0 Å². The molecular weight excluding hydrogens is 170 g/mol. The Bertz CT molecular complexity index is 301. The van der Waals surface area contributed by atoms with Gasteiger partial charge in [-0.15, -0.1) is 0 Å². The second kappa shape index (κ2) is 4.39. The van der Waals surface area contributed by atoms with Crippen LogP contribution in [0.3, 0.4) is 0 Å². The van der Waals surface area contributed by atoms with Crippen molar-refractivity contribution in [1.82, 2.24) is 4.98 Å². The topological polar surface area (TPSA) is 68.1 Å². The molecule has 0 bridgehead atoms. The van der Waals surface area contributed by atoms with Gasteiger partial charge in [0.1, 0.15) is 11.9 Å². The van der Waals surface area contributed by atoms with Crippen molar-refractivity contribution >= 4 is 11.4 Å². The first-order valence-corrected chi connectivity index (χ1v) is 4.08. The minimum absolute atomic E-state index is 0.0240. The molecule has 1 N–H and O–H groups in total. The molecule has 1 heterocycles. The minimum atomic E-state index is -0.439. The maximum absolute atomic E-state index is 10.5. The molecule has 0 radical (unpaired) electrons. The lowest BCUT2D eigenvalue weighted by Crippen LogP contribution is -2.03. The van der Waals surface area contributed by atoms with Crippen LogP contribution in [0.1, 0.15) is 13.3 Å². The highest BCUT2D eigenvalue weighted by Gasteiger charge is 2.11. The highest BCUT2D eigenvalue weighted by Crippen LogP contribution is 2.21. The molecule has 0 unspecified atom stereocenters. The fourth-order valence-electron chi connectivity index (χ4n) is 0.941. The van der Waals surface area contributed by atoms with E-state index in [1.807, 2.05) is 6.92 Å². The van der Waals surface area contributed by atoms with Crippen LogP contribution < -0.4 is 5.32 Å². The van der Waals surface area contributed by atoms with Gasteiger partial charge in [0.25, 0.3) is 0 Å². The summed E-state index contributed by atoms with van der Waals surface area (Å²) in [4.78, 5) is 13.8. The zero-order valence-corrected chi connectivity index (χ0v) is 7.36. The summed E-state index contributed by atoms with van der Waals surface area (Å²) in [5.41, 5.74) is 0.554. The first-order chi connectivity index (χ1) is 6.25. The second-order valence-electron chi connectivity index (χ2n) is 2.58. The van der Waals surface area contributed by atoms with E-state index in [4.69, 9.17) is 0 Å². The summed E-state index contributed by atoms with van der Waals surface area (Å²) in [6.07, 6.45) is 3.71. The Kier molecular flexibility index (Phi) is 3.19. The van der Waals surface area contributed by atoms with Crippen LogP contribution in [0.25, 0.3) is 0 Å². The van der Waals surface area contributed by atoms with E-state index in [-0.39, 0.29) is 5.69 Å². The van der Waals surface area contributed by atoms with Crippen LogP contribution >= 0.6 is 0 Å².